The minimum Gasteiger partial charge on any atom is -0.491 e. The molecule has 1 aliphatic rings. The van der Waals surface area contributed by atoms with Gasteiger partial charge in [0.1, 0.15) is 24.6 Å². The Bertz CT molecular complexity index is 995. The normalized spacial score (nSPS) is 18.4. The van der Waals surface area contributed by atoms with Gasteiger partial charge in [0.05, 0.1) is 19.7 Å². The first-order chi connectivity index (χ1) is 16.9. The molecule has 1 N–H and O–H groups in total. The summed E-state index contributed by atoms with van der Waals surface area (Å²) in [5.41, 5.74) is 4.00. The summed E-state index contributed by atoms with van der Waals surface area (Å²) in [5, 5.41) is 9.67. The maximum atomic E-state index is 11.8. The maximum absolute atomic E-state index is 11.8. The average molecular weight is 479 g/mol. The van der Waals surface area contributed by atoms with Gasteiger partial charge in [-0.15, -0.1) is 0 Å². The fourth-order valence-corrected chi connectivity index (χ4v) is 4.90. The highest BCUT2D eigenvalue weighted by Crippen LogP contribution is 2.35. The lowest BCUT2D eigenvalue weighted by Crippen LogP contribution is -2.49. The zero-order valence-electron chi connectivity index (χ0n) is 21.4. The maximum Gasteiger partial charge on any atom is 0.331 e. The number of quaternary nitrogens is 1. The molecule has 1 unspecified atom stereocenters. The van der Waals surface area contributed by atoms with E-state index in [1.165, 1.54) is 5.56 Å². The fourth-order valence-electron chi connectivity index (χ4n) is 4.90. The largest absolute Gasteiger partial charge is 0.491 e. The number of carbonyl (C=O) groups is 1. The summed E-state index contributed by atoms with van der Waals surface area (Å²) >= 11 is 0. The van der Waals surface area contributed by atoms with Crippen molar-refractivity contribution in [3.05, 3.63) is 83.4 Å². The minimum atomic E-state index is -0.832. The van der Waals surface area contributed by atoms with Crippen molar-refractivity contribution >= 4 is 11.7 Å². The van der Waals surface area contributed by atoms with Gasteiger partial charge in [-0.1, -0.05) is 51.1 Å². The molecule has 1 aliphatic heterocycles. The van der Waals surface area contributed by atoms with Crippen molar-refractivity contribution in [2.45, 2.75) is 46.6 Å². The van der Waals surface area contributed by atoms with E-state index in [4.69, 9.17) is 9.47 Å². The summed E-state index contributed by atoms with van der Waals surface area (Å²) in [6.45, 7) is 11.2. The van der Waals surface area contributed by atoms with Gasteiger partial charge in [-0.25, -0.2) is 4.79 Å². The molecule has 0 aromatic heterocycles. The molecule has 0 saturated carbocycles. The van der Waals surface area contributed by atoms with Crippen LogP contribution in [0.15, 0.2) is 72.3 Å². The SMILES string of the molecule is CCCOCCOc1ccc(C2=CC=C(C(=O)O)CCC[N+]2(Cc2ccccc2)CC(C)C)cc1. The number of aliphatic carboxylic acids is 1. The van der Waals surface area contributed by atoms with Crippen LogP contribution in [0.25, 0.3) is 5.70 Å². The van der Waals surface area contributed by atoms with Crippen molar-refractivity contribution < 1.29 is 23.9 Å². The van der Waals surface area contributed by atoms with Crippen LogP contribution in [0.4, 0.5) is 0 Å². The molecule has 0 amide bonds. The number of hydrogen-bond donors (Lipinski definition) is 1. The molecule has 1 heterocycles. The van der Waals surface area contributed by atoms with Crippen LogP contribution >= 0.6 is 0 Å². The van der Waals surface area contributed by atoms with Crippen molar-refractivity contribution in [3.63, 3.8) is 0 Å². The molecule has 0 radical (unpaired) electrons. The van der Waals surface area contributed by atoms with Crippen LogP contribution in [-0.4, -0.2) is 48.5 Å². The Balaban J connectivity index is 1.97. The second-order valence-corrected chi connectivity index (χ2v) is 9.73. The molecule has 0 spiro atoms. The Kier molecular flexibility index (Phi) is 10.1. The molecule has 1 atom stereocenters. The highest BCUT2D eigenvalue weighted by molar-refractivity contribution is 5.87. The summed E-state index contributed by atoms with van der Waals surface area (Å²) in [7, 11) is 0. The lowest BCUT2D eigenvalue weighted by atomic mass is 9.97. The van der Waals surface area contributed by atoms with E-state index in [2.05, 4.69) is 57.2 Å². The van der Waals surface area contributed by atoms with Crippen molar-refractivity contribution in [2.75, 3.05) is 32.9 Å². The van der Waals surface area contributed by atoms with E-state index in [0.29, 0.717) is 31.1 Å². The van der Waals surface area contributed by atoms with E-state index in [1.54, 1.807) is 0 Å². The predicted molar refractivity (Wildman–Crippen MR) is 141 cm³/mol. The third kappa shape index (κ3) is 7.81. The average Bonchev–Trinajstić information content (AvgIpc) is 2.82. The van der Waals surface area contributed by atoms with E-state index >= 15 is 0 Å². The summed E-state index contributed by atoms with van der Waals surface area (Å²) in [6, 6.07) is 18.8. The van der Waals surface area contributed by atoms with Crippen molar-refractivity contribution in [2.24, 2.45) is 5.92 Å². The van der Waals surface area contributed by atoms with Crippen LogP contribution in [0.1, 0.15) is 51.2 Å². The molecule has 0 fully saturated rings. The number of hydrogen-bond acceptors (Lipinski definition) is 3. The first-order valence-electron chi connectivity index (χ1n) is 12.8. The molecule has 0 saturated heterocycles. The van der Waals surface area contributed by atoms with Gasteiger partial charge in [-0.2, -0.15) is 0 Å². The molecule has 0 bridgehead atoms. The standard InChI is InChI=1S/C30H39NO4/c1-4-19-34-20-21-35-28-15-12-26(13-16-28)29-17-14-27(30(32)33)11-8-18-31(29,22-24(2)3)23-25-9-6-5-7-10-25/h5-7,9-10,12-17,24H,4,8,11,18-23H2,1-3H3/p+1. The van der Waals surface area contributed by atoms with Gasteiger partial charge >= 0.3 is 5.97 Å². The Hall–Kier alpha value is -2.89. The molecule has 2 aromatic rings. The monoisotopic (exact) mass is 478 g/mol. The molecule has 3 rings (SSSR count). The third-order valence-corrected chi connectivity index (χ3v) is 6.30. The Morgan fingerprint density at radius 3 is 2.40 bits per heavy atom. The van der Waals surface area contributed by atoms with Gasteiger partial charge < -0.3 is 14.6 Å². The zero-order valence-corrected chi connectivity index (χ0v) is 21.4. The molecule has 5 nitrogen and oxygen atoms in total. The van der Waals surface area contributed by atoms with Gasteiger partial charge in [-0.3, -0.25) is 4.48 Å². The van der Waals surface area contributed by atoms with Gasteiger partial charge in [-0.05, 0) is 43.2 Å². The minimum absolute atomic E-state index is 0.469. The number of ether oxygens (including phenoxy) is 2. The first-order valence-corrected chi connectivity index (χ1v) is 12.8. The van der Waals surface area contributed by atoms with Crippen molar-refractivity contribution in [1.29, 1.82) is 0 Å². The van der Waals surface area contributed by atoms with Crippen LogP contribution in [0.2, 0.25) is 0 Å². The van der Waals surface area contributed by atoms with E-state index in [9.17, 15) is 9.90 Å². The number of allylic oxidation sites excluding steroid dienone is 2. The second-order valence-electron chi connectivity index (χ2n) is 9.73. The number of nitrogens with zero attached hydrogens (tertiary/aromatic N) is 1. The highest BCUT2D eigenvalue weighted by Gasteiger charge is 2.35. The molecule has 188 valence electrons. The van der Waals surface area contributed by atoms with Crippen LogP contribution in [0, 0.1) is 5.92 Å². The summed E-state index contributed by atoms with van der Waals surface area (Å²) in [4.78, 5) is 11.8. The first kappa shape index (κ1) is 26.7. The third-order valence-electron chi connectivity index (χ3n) is 6.30. The van der Waals surface area contributed by atoms with Gasteiger partial charge in [0.25, 0.3) is 0 Å². The van der Waals surface area contributed by atoms with Gasteiger partial charge in [0.2, 0.25) is 0 Å². The van der Waals surface area contributed by atoms with Gasteiger partial charge in [0.15, 0.2) is 0 Å². The van der Waals surface area contributed by atoms with Crippen molar-refractivity contribution in [3.8, 4) is 5.75 Å². The van der Waals surface area contributed by atoms with Crippen LogP contribution in [0.5, 0.6) is 5.75 Å². The number of rotatable bonds is 12. The molecule has 2 aromatic carbocycles. The van der Waals surface area contributed by atoms with Crippen LogP contribution in [0.3, 0.4) is 0 Å². The lowest BCUT2D eigenvalue weighted by Gasteiger charge is -2.42. The van der Waals surface area contributed by atoms with Crippen LogP contribution in [-0.2, 0) is 16.1 Å². The fraction of sp³-hybridized carbons (Fsp3) is 0.433. The van der Waals surface area contributed by atoms with Crippen LogP contribution < -0.4 is 4.74 Å². The Morgan fingerprint density at radius 1 is 1.00 bits per heavy atom. The van der Waals surface area contributed by atoms with Crippen molar-refractivity contribution in [1.82, 2.24) is 0 Å². The number of carboxylic acids is 1. The summed E-state index contributed by atoms with van der Waals surface area (Å²) in [5.74, 6) is 0.462. The van der Waals surface area contributed by atoms with E-state index in [-0.39, 0.29) is 0 Å². The predicted octanol–water partition coefficient (Wildman–Crippen LogP) is 6.31. The van der Waals surface area contributed by atoms with E-state index in [1.807, 2.05) is 30.4 Å². The molecular weight excluding hydrogens is 438 g/mol. The van der Waals surface area contributed by atoms with E-state index in [0.717, 1.165) is 60.6 Å². The van der Waals surface area contributed by atoms with E-state index < -0.39 is 5.97 Å². The quantitative estimate of drug-likeness (QED) is 0.287. The summed E-state index contributed by atoms with van der Waals surface area (Å²) in [6.07, 6.45) is 6.26. The van der Waals surface area contributed by atoms with Gasteiger partial charge in [0, 0.05) is 41.7 Å². The highest BCUT2D eigenvalue weighted by atomic mass is 16.5. The Labute approximate surface area is 210 Å². The topological polar surface area (TPSA) is 55.8 Å². The Morgan fingerprint density at radius 2 is 1.74 bits per heavy atom. The number of carboxylic acid groups (broad SMARTS) is 1. The molecule has 5 heteroatoms. The zero-order chi connectivity index (χ0) is 25.1. The smallest absolute Gasteiger partial charge is 0.331 e. The molecule has 0 aliphatic carbocycles. The molecule has 35 heavy (non-hydrogen) atoms. The lowest BCUT2D eigenvalue weighted by molar-refractivity contribution is -0.876. The molecular formula is C30H40NO4+. The second kappa shape index (κ2) is 13.3. The number of benzene rings is 2. The summed E-state index contributed by atoms with van der Waals surface area (Å²) < 4.78 is 12.2.